The highest BCUT2D eigenvalue weighted by atomic mass is 16.4. The first-order valence-corrected chi connectivity index (χ1v) is 7.08. The van der Waals surface area contributed by atoms with E-state index in [0.29, 0.717) is 22.2 Å². The fourth-order valence-corrected chi connectivity index (χ4v) is 2.97. The Bertz CT molecular complexity index is 740. The number of aromatic nitrogens is 1. The van der Waals surface area contributed by atoms with Gasteiger partial charge in [-0.2, -0.15) is 0 Å². The molecule has 2 N–H and O–H groups in total. The SMILES string of the molecule is Cc1c(CC(=O)O)c2cc(O)ccc2n1C(=O)C1CCC1. The van der Waals surface area contributed by atoms with Crippen molar-refractivity contribution in [2.75, 3.05) is 0 Å². The molecule has 0 aliphatic heterocycles. The third-order valence-electron chi connectivity index (χ3n) is 4.32. The zero-order valence-electron chi connectivity index (χ0n) is 11.8. The molecule has 110 valence electrons. The van der Waals surface area contributed by atoms with Gasteiger partial charge in [0.05, 0.1) is 11.9 Å². The molecule has 0 spiro atoms. The number of carboxylic acid groups (broad SMARTS) is 1. The van der Waals surface area contributed by atoms with E-state index in [1.165, 1.54) is 12.1 Å². The van der Waals surface area contributed by atoms with Gasteiger partial charge in [0, 0.05) is 17.0 Å². The summed E-state index contributed by atoms with van der Waals surface area (Å²) in [6, 6.07) is 4.74. The molecule has 1 aliphatic carbocycles. The summed E-state index contributed by atoms with van der Waals surface area (Å²) in [4.78, 5) is 23.7. The Hall–Kier alpha value is -2.30. The topological polar surface area (TPSA) is 79.5 Å². The van der Waals surface area contributed by atoms with Crippen molar-refractivity contribution in [3.05, 3.63) is 29.5 Å². The van der Waals surface area contributed by atoms with E-state index in [4.69, 9.17) is 5.11 Å². The Labute approximate surface area is 121 Å². The van der Waals surface area contributed by atoms with Crippen LogP contribution in [0.1, 0.15) is 35.3 Å². The van der Waals surface area contributed by atoms with Crippen molar-refractivity contribution in [2.45, 2.75) is 32.6 Å². The lowest BCUT2D eigenvalue weighted by Gasteiger charge is -2.25. The minimum atomic E-state index is -0.948. The van der Waals surface area contributed by atoms with Crippen LogP contribution in [0.15, 0.2) is 18.2 Å². The average Bonchev–Trinajstić information content (AvgIpc) is 2.60. The summed E-state index contributed by atoms with van der Waals surface area (Å²) in [5, 5.41) is 19.4. The van der Waals surface area contributed by atoms with Crippen LogP contribution >= 0.6 is 0 Å². The highest BCUT2D eigenvalue weighted by Crippen LogP contribution is 2.34. The molecule has 0 saturated heterocycles. The van der Waals surface area contributed by atoms with E-state index in [1.54, 1.807) is 17.6 Å². The van der Waals surface area contributed by atoms with Gasteiger partial charge in [-0.3, -0.25) is 14.2 Å². The number of carboxylic acids is 1. The second-order valence-corrected chi connectivity index (χ2v) is 5.64. The number of phenolic OH excluding ortho intramolecular Hbond substituents is 1. The predicted molar refractivity (Wildman–Crippen MR) is 77.6 cm³/mol. The maximum absolute atomic E-state index is 12.6. The second kappa shape index (κ2) is 4.91. The molecular weight excluding hydrogens is 270 g/mol. The number of aromatic hydroxyl groups is 1. The first-order valence-electron chi connectivity index (χ1n) is 7.08. The molecule has 1 aromatic heterocycles. The highest BCUT2D eigenvalue weighted by molar-refractivity contribution is 5.98. The Morgan fingerprint density at radius 2 is 2.05 bits per heavy atom. The molecule has 1 aliphatic rings. The molecule has 0 atom stereocenters. The van der Waals surface area contributed by atoms with Crippen LogP contribution in [-0.2, 0) is 11.2 Å². The smallest absolute Gasteiger partial charge is 0.307 e. The van der Waals surface area contributed by atoms with Gasteiger partial charge < -0.3 is 10.2 Å². The van der Waals surface area contributed by atoms with Crippen molar-refractivity contribution >= 4 is 22.8 Å². The molecule has 3 rings (SSSR count). The number of phenols is 1. The summed E-state index contributed by atoms with van der Waals surface area (Å²) in [7, 11) is 0. The van der Waals surface area contributed by atoms with Crippen LogP contribution in [0.25, 0.3) is 10.9 Å². The van der Waals surface area contributed by atoms with Crippen molar-refractivity contribution < 1.29 is 19.8 Å². The largest absolute Gasteiger partial charge is 0.508 e. The first kappa shape index (κ1) is 13.7. The van der Waals surface area contributed by atoms with Crippen LogP contribution in [0.4, 0.5) is 0 Å². The molecule has 5 nitrogen and oxygen atoms in total. The van der Waals surface area contributed by atoms with Gasteiger partial charge >= 0.3 is 5.97 Å². The lowest BCUT2D eigenvalue weighted by atomic mass is 9.84. The molecule has 2 aromatic rings. The van der Waals surface area contributed by atoms with E-state index in [-0.39, 0.29) is 24.0 Å². The zero-order chi connectivity index (χ0) is 15.1. The number of hydrogen-bond acceptors (Lipinski definition) is 3. The third-order valence-corrected chi connectivity index (χ3v) is 4.32. The van der Waals surface area contributed by atoms with Crippen LogP contribution in [0.2, 0.25) is 0 Å². The van der Waals surface area contributed by atoms with Gasteiger partial charge in [0.15, 0.2) is 0 Å². The molecule has 1 saturated carbocycles. The highest BCUT2D eigenvalue weighted by Gasteiger charge is 2.29. The number of aliphatic carboxylic acids is 1. The van der Waals surface area contributed by atoms with Gasteiger partial charge in [-0.15, -0.1) is 0 Å². The second-order valence-electron chi connectivity index (χ2n) is 5.64. The Balaban J connectivity index is 2.21. The Morgan fingerprint density at radius 1 is 1.33 bits per heavy atom. The standard InChI is InChI=1S/C16H17NO4/c1-9-12(8-15(19)20)13-7-11(18)5-6-14(13)17(9)16(21)10-3-2-4-10/h5-7,10,18H,2-4,8H2,1H3,(H,19,20). The number of hydrogen-bond donors (Lipinski definition) is 2. The van der Waals surface area contributed by atoms with Gasteiger partial charge in [-0.25, -0.2) is 0 Å². The molecule has 1 fully saturated rings. The number of benzene rings is 1. The lowest BCUT2D eigenvalue weighted by molar-refractivity contribution is -0.136. The third kappa shape index (κ3) is 2.18. The van der Waals surface area contributed by atoms with E-state index in [9.17, 15) is 14.7 Å². The fourth-order valence-electron chi connectivity index (χ4n) is 2.97. The van der Waals surface area contributed by atoms with E-state index in [1.807, 2.05) is 0 Å². The molecule has 0 unspecified atom stereocenters. The lowest BCUT2D eigenvalue weighted by Crippen LogP contribution is -2.28. The van der Waals surface area contributed by atoms with Gasteiger partial charge in [0.1, 0.15) is 5.75 Å². The minimum Gasteiger partial charge on any atom is -0.508 e. The van der Waals surface area contributed by atoms with E-state index >= 15 is 0 Å². The maximum atomic E-state index is 12.6. The Morgan fingerprint density at radius 3 is 2.62 bits per heavy atom. The van der Waals surface area contributed by atoms with Gasteiger partial charge in [0.2, 0.25) is 5.91 Å². The fraction of sp³-hybridized carbons (Fsp3) is 0.375. The summed E-state index contributed by atoms with van der Waals surface area (Å²) in [5.41, 5.74) is 1.94. The summed E-state index contributed by atoms with van der Waals surface area (Å²) in [6.07, 6.45) is 2.70. The molecule has 0 radical (unpaired) electrons. The molecule has 5 heteroatoms. The van der Waals surface area contributed by atoms with Crippen LogP contribution in [0.5, 0.6) is 5.75 Å². The molecule has 0 amide bonds. The molecule has 0 bridgehead atoms. The maximum Gasteiger partial charge on any atom is 0.307 e. The van der Waals surface area contributed by atoms with E-state index < -0.39 is 5.97 Å². The number of nitrogens with zero attached hydrogens (tertiary/aromatic N) is 1. The summed E-state index contributed by atoms with van der Waals surface area (Å²) >= 11 is 0. The average molecular weight is 287 g/mol. The van der Waals surface area contributed by atoms with Crippen molar-refractivity contribution in [1.29, 1.82) is 0 Å². The number of carbonyl (C=O) groups excluding carboxylic acids is 1. The van der Waals surface area contributed by atoms with Crippen molar-refractivity contribution in [3.8, 4) is 5.75 Å². The van der Waals surface area contributed by atoms with Crippen LogP contribution in [-0.4, -0.2) is 26.7 Å². The quantitative estimate of drug-likeness (QED) is 0.909. The Kier molecular flexibility index (Phi) is 3.20. The van der Waals surface area contributed by atoms with Crippen molar-refractivity contribution in [2.24, 2.45) is 5.92 Å². The van der Waals surface area contributed by atoms with Crippen LogP contribution in [0.3, 0.4) is 0 Å². The summed E-state index contributed by atoms with van der Waals surface area (Å²) in [6.45, 7) is 1.77. The van der Waals surface area contributed by atoms with Gasteiger partial charge in [-0.05, 0) is 43.5 Å². The molecule has 21 heavy (non-hydrogen) atoms. The normalized spacial score (nSPS) is 15.1. The van der Waals surface area contributed by atoms with Gasteiger partial charge in [0.25, 0.3) is 0 Å². The van der Waals surface area contributed by atoms with Gasteiger partial charge in [-0.1, -0.05) is 6.42 Å². The molecule has 1 heterocycles. The van der Waals surface area contributed by atoms with Crippen LogP contribution in [0, 0.1) is 12.8 Å². The first-order chi connectivity index (χ1) is 9.99. The molecule has 1 aromatic carbocycles. The summed E-state index contributed by atoms with van der Waals surface area (Å²) in [5.74, 6) is -0.809. The molecular formula is C16H17NO4. The monoisotopic (exact) mass is 287 g/mol. The minimum absolute atomic E-state index is 0.0331. The zero-order valence-corrected chi connectivity index (χ0v) is 11.8. The number of fused-ring (bicyclic) bond motifs is 1. The van der Waals surface area contributed by atoms with Crippen molar-refractivity contribution in [3.63, 3.8) is 0 Å². The number of rotatable bonds is 3. The van der Waals surface area contributed by atoms with Crippen molar-refractivity contribution in [1.82, 2.24) is 4.57 Å². The number of carbonyl (C=O) groups is 2. The van der Waals surface area contributed by atoms with Crippen LogP contribution < -0.4 is 0 Å². The van der Waals surface area contributed by atoms with E-state index in [2.05, 4.69) is 0 Å². The van der Waals surface area contributed by atoms with E-state index in [0.717, 1.165) is 19.3 Å². The predicted octanol–water partition coefficient (Wildman–Crippen LogP) is 2.72. The summed E-state index contributed by atoms with van der Waals surface area (Å²) < 4.78 is 1.62.